The van der Waals surface area contributed by atoms with Crippen LogP contribution in [0.25, 0.3) is 11.1 Å². The molecule has 0 aromatic heterocycles. The molecule has 0 N–H and O–H groups in total. The van der Waals surface area contributed by atoms with E-state index in [0.717, 1.165) is 11.8 Å². The normalized spacial score (nSPS) is 20.9. The lowest BCUT2D eigenvalue weighted by atomic mass is 9.77. The summed E-state index contributed by atoms with van der Waals surface area (Å²) in [6, 6.07) is 20.1. The Bertz CT molecular complexity index is 573. The molecule has 1 aliphatic rings. The molecule has 0 amide bonds. The van der Waals surface area contributed by atoms with Gasteiger partial charge in [0.1, 0.15) is 0 Å². The molecule has 0 radical (unpaired) electrons. The van der Waals surface area contributed by atoms with Crippen molar-refractivity contribution in [3.05, 3.63) is 60.2 Å². The van der Waals surface area contributed by atoms with Crippen LogP contribution in [0.1, 0.15) is 76.2 Å². The first-order valence-electron chi connectivity index (χ1n) is 10.0. The Kier molecular flexibility index (Phi) is 6.52. The Morgan fingerprint density at radius 2 is 1.38 bits per heavy atom. The van der Waals surface area contributed by atoms with Gasteiger partial charge in [-0.05, 0) is 54.2 Å². The SMILES string of the molecule is CCCCCCC1CCC(c2ccc(-c3ccccc3)cc2)CC1. The molecule has 1 fully saturated rings. The molecular weight excluding hydrogens is 288 g/mol. The minimum Gasteiger partial charge on any atom is -0.0654 e. The monoisotopic (exact) mass is 320 g/mol. The molecule has 0 unspecified atom stereocenters. The van der Waals surface area contributed by atoms with Crippen LogP contribution in [-0.4, -0.2) is 0 Å². The van der Waals surface area contributed by atoms with Gasteiger partial charge in [-0.2, -0.15) is 0 Å². The van der Waals surface area contributed by atoms with Gasteiger partial charge in [-0.1, -0.05) is 93.6 Å². The lowest BCUT2D eigenvalue weighted by molar-refractivity contribution is 0.302. The second-order valence-electron chi connectivity index (χ2n) is 7.56. The highest BCUT2D eigenvalue weighted by atomic mass is 14.3. The standard InChI is InChI=1S/C24H32/c1-2-3-4-6-9-20-12-14-22(15-13-20)24-18-16-23(17-19-24)21-10-7-5-8-11-21/h5,7-8,10-11,16-20,22H,2-4,6,9,12-15H2,1H3. The molecule has 0 nitrogen and oxygen atoms in total. The second-order valence-corrected chi connectivity index (χ2v) is 7.56. The average Bonchev–Trinajstić information content (AvgIpc) is 2.67. The second kappa shape index (κ2) is 9.06. The summed E-state index contributed by atoms with van der Waals surface area (Å²) in [5.41, 5.74) is 4.21. The number of benzene rings is 2. The molecule has 2 aromatic rings. The lowest BCUT2D eigenvalue weighted by Crippen LogP contribution is -2.13. The molecule has 0 aliphatic heterocycles. The average molecular weight is 321 g/mol. The summed E-state index contributed by atoms with van der Waals surface area (Å²) in [6.45, 7) is 2.30. The van der Waals surface area contributed by atoms with E-state index >= 15 is 0 Å². The fourth-order valence-corrected chi connectivity index (χ4v) is 4.22. The van der Waals surface area contributed by atoms with Gasteiger partial charge in [-0.3, -0.25) is 0 Å². The van der Waals surface area contributed by atoms with Crippen molar-refractivity contribution >= 4 is 0 Å². The van der Waals surface area contributed by atoms with E-state index in [9.17, 15) is 0 Å². The molecule has 1 saturated carbocycles. The third-order valence-electron chi connectivity index (χ3n) is 5.80. The van der Waals surface area contributed by atoms with Crippen molar-refractivity contribution in [3.63, 3.8) is 0 Å². The van der Waals surface area contributed by atoms with Gasteiger partial charge in [0.15, 0.2) is 0 Å². The van der Waals surface area contributed by atoms with Crippen LogP contribution in [0, 0.1) is 5.92 Å². The smallest absolute Gasteiger partial charge is 0.0162 e. The zero-order valence-electron chi connectivity index (χ0n) is 15.2. The van der Waals surface area contributed by atoms with Crippen LogP contribution in [0.15, 0.2) is 54.6 Å². The van der Waals surface area contributed by atoms with E-state index in [0.29, 0.717) is 0 Å². The molecule has 0 heterocycles. The van der Waals surface area contributed by atoms with Gasteiger partial charge in [0.05, 0.1) is 0 Å². The van der Waals surface area contributed by atoms with Crippen LogP contribution in [0.5, 0.6) is 0 Å². The number of hydrogen-bond donors (Lipinski definition) is 0. The predicted octanol–water partition coefficient (Wildman–Crippen LogP) is 7.60. The van der Waals surface area contributed by atoms with Gasteiger partial charge in [0, 0.05) is 0 Å². The van der Waals surface area contributed by atoms with Gasteiger partial charge < -0.3 is 0 Å². The Hall–Kier alpha value is -1.56. The fraction of sp³-hybridized carbons (Fsp3) is 0.500. The topological polar surface area (TPSA) is 0 Å². The molecule has 128 valence electrons. The molecule has 3 rings (SSSR count). The van der Waals surface area contributed by atoms with Crippen LogP contribution >= 0.6 is 0 Å². The molecule has 0 bridgehead atoms. The van der Waals surface area contributed by atoms with Crippen LogP contribution in [-0.2, 0) is 0 Å². The fourth-order valence-electron chi connectivity index (χ4n) is 4.22. The van der Waals surface area contributed by atoms with Crippen molar-refractivity contribution in [2.75, 3.05) is 0 Å². The highest BCUT2D eigenvalue weighted by Gasteiger charge is 2.21. The van der Waals surface area contributed by atoms with Crippen molar-refractivity contribution in [1.29, 1.82) is 0 Å². The Morgan fingerprint density at radius 1 is 0.708 bits per heavy atom. The van der Waals surface area contributed by atoms with Crippen molar-refractivity contribution < 1.29 is 0 Å². The van der Waals surface area contributed by atoms with E-state index in [-0.39, 0.29) is 0 Å². The summed E-state index contributed by atoms with van der Waals surface area (Å²) in [4.78, 5) is 0. The molecule has 1 aliphatic carbocycles. The van der Waals surface area contributed by atoms with Crippen molar-refractivity contribution in [2.45, 2.75) is 70.6 Å². The van der Waals surface area contributed by atoms with Crippen molar-refractivity contribution in [1.82, 2.24) is 0 Å². The van der Waals surface area contributed by atoms with Crippen molar-refractivity contribution in [2.24, 2.45) is 5.92 Å². The zero-order chi connectivity index (χ0) is 16.6. The third-order valence-corrected chi connectivity index (χ3v) is 5.80. The number of rotatable bonds is 7. The maximum absolute atomic E-state index is 2.37. The first-order valence-corrected chi connectivity index (χ1v) is 10.0. The molecule has 24 heavy (non-hydrogen) atoms. The quantitative estimate of drug-likeness (QED) is 0.461. The highest BCUT2D eigenvalue weighted by Crippen LogP contribution is 2.38. The minimum atomic E-state index is 0.793. The summed E-state index contributed by atoms with van der Waals surface area (Å²) in [7, 11) is 0. The summed E-state index contributed by atoms with van der Waals surface area (Å²) in [6.07, 6.45) is 12.8. The van der Waals surface area contributed by atoms with Crippen LogP contribution < -0.4 is 0 Å². The number of unbranched alkanes of at least 4 members (excludes halogenated alkanes) is 3. The summed E-state index contributed by atoms with van der Waals surface area (Å²) in [5, 5.41) is 0. The van der Waals surface area contributed by atoms with Gasteiger partial charge in [0.25, 0.3) is 0 Å². The van der Waals surface area contributed by atoms with Gasteiger partial charge in [-0.25, -0.2) is 0 Å². The first kappa shape index (κ1) is 17.3. The largest absolute Gasteiger partial charge is 0.0654 e. The highest BCUT2D eigenvalue weighted by molar-refractivity contribution is 5.63. The van der Waals surface area contributed by atoms with Crippen molar-refractivity contribution in [3.8, 4) is 11.1 Å². The Balaban J connectivity index is 1.50. The minimum absolute atomic E-state index is 0.793. The van der Waals surface area contributed by atoms with E-state index < -0.39 is 0 Å². The third kappa shape index (κ3) is 4.72. The molecule has 0 saturated heterocycles. The molecule has 0 spiro atoms. The maximum atomic E-state index is 2.37. The molecule has 0 atom stereocenters. The van der Waals surface area contributed by atoms with E-state index in [2.05, 4.69) is 61.5 Å². The predicted molar refractivity (Wildman–Crippen MR) is 105 cm³/mol. The maximum Gasteiger partial charge on any atom is -0.0162 e. The lowest BCUT2D eigenvalue weighted by Gasteiger charge is -2.29. The first-order chi connectivity index (χ1) is 11.9. The summed E-state index contributed by atoms with van der Waals surface area (Å²) in [5.74, 6) is 1.79. The van der Waals surface area contributed by atoms with E-state index in [1.54, 1.807) is 5.56 Å². The van der Waals surface area contributed by atoms with E-state index in [1.165, 1.54) is 68.9 Å². The summed E-state index contributed by atoms with van der Waals surface area (Å²) >= 11 is 0. The van der Waals surface area contributed by atoms with Crippen LogP contribution in [0.2, 0.25) is 0 Å². The molecule has 0 heteroatoms. The van der Waals surface area contributed by atoms with Gasteiger partial charge >= 0.3 is 0 Å². The van der Waals surface area contributed by atoms with E-state index in [4.69, 9.17) is 0 Å². The van der Waals surface area contributed by atoms with Gasteiger partial charge in [-0.15, -0.1) is 0 Å². The Morgan fingerprint density at radius 3 is 2.04 bits per heavy atom. The van der Waals surface area contributed by atoms with Gasteiger partial charge in [0.2, 0.25) is 0 Å². The van der Waals surface area contributed by atoms with E-state index in [1.807, 2.05) is 0 Å². The Labute approximate surface area is 148 Å². The van der Waals surface area contributed by atoms with Crippen LogP contribution in [0.4, 0.5) is 0 Å². The van der Waals surface area contributed by atoms with Crippen LogP contribution in [0.3, 0.4) is 0 Å². The molecular formula is C24H32. The number of hydrogen-bond acceptors (Lipinski definition) is 0. The summed E-state index contributed by atoms with van der Waals surface area (Å²) < 4.78 is 0. The zero-order valence-corrected chi connectivity index (χ0v) is 15.2. The molecule has 2 aromatic carbocycles.